The molecule has 1 aromatic heterocycles. The molecule has 0 saturated carbocycles. The number of thiophene rings is 1. The number of nitrogens with zero attached hydrogens (tertiary/aromatic N) is 3. The fraction of sp³-hybridized carbons (Fsp3) is 0.269. The summed E-state index contributed by atoms with van der Waals surface area (Å²) in [6.07, 6.45) is 0. The number of anilines is 1. The van der Waals surface area contributed by atoms with Crippen molar-refractivity contribution in [1.29, 1.82) is 0 Å². The van der Waals surface area contributed by atoms with Crippen LogP contribution in [0.1, 0.15) is 27.6 Å². The smallest absolute Gasteiger partial charge is 0.292 e. The van der Waals surface area contributed by atoms with Crippen molar-refractivity contribution in [3.05, 3.63) is 77.2 Å². The van der Waals surface area contributed by atoms with Gasteiger partial charge in [0.05, 0.1) is 12.3 Å². The topological polar surface area (TPSA) is 96.3 Å². The van der Waals surface area contributed by atoms with Gasteiger partial charge in [0.15, 0.2) is 5.78 Å². The lowest BCUT2D eigenvalue weighted by molar-refractivity contribution is 0.0846. The van der Waals surface area contributed by atoms with Crippen molar-refractivity contribution < 1.29 is 22.7 Å². The highest BCUT2D eigenvalue weighted by Crippen LogP contribution is 2.31. The maximum Gasteiger partial charge on any atom is 0.292 e. The van der Waals surface area contributed by atoms with Crippen LogP contribution >= 0.6 is 11.3 Å². The van der Waals surface area contributed by atoms with Crippen LogP contribution in [-0.2, 0) is 10.0 Å². The molecule has 3 aromatic rings. The highest BCUT2D eigenvalue weighted by Gasteiger charge is 2.43. The number of hydrogen-bond donors (Lipinski definition) is 0. The van der Waals surface area contributed by atoms with Gasteiger partial charge in [-0.25, -0.2) is 0 Å². The van der Waals surface area contributed by atoms with Crippen LogP contribution in [0.2, 0.25) is 0 Å². The van der Waals surface area contributed by atoms with Gasteiger partial charge in [-0.15, -0.1) is 11.3 Å². The molecule has 36 heavy (non-hydrogen) atoms. The van der Waals surface area contributed by atoms with Gasteiger partial charge in [-0.1, -0.05) is 42.5 Å². The Hall–Kier alpha value is -3.34. The lowest BCUT2D eigenvalue weighted by Crippen LogP contribution is -2.58. The standard InChI is InChI=1S/C26H25N3O5S2/c1-2-34-21-11-6-5-10-20(21)28-13-15-29(16-14-28)24-23(27-36(32,33)22-12-7-17-35-22)25(30)18-8-3-4-9-19(18)26(24)31/h3-12,17,24H,2,13-16H2,1H3/t24-/m1/s1. The van der Waals surface area contributed by atoms with Crippen molar-refractivity contribution in [2.24, 2.45) is 4.40 Å². The van der Waals surface area contributed by atoms with E-state index in [1.54, 1.807) is 35.7 Å². The zero-order valence-corrected chi connectivity index (χ0v) is 21.3. The number of carbonyl (C=O) groups is 2. The summed E-state index contributed by atoms with van der Waals surface area (Å²) in [5.74, 6) is -0.0523. The second kappa shape index (κ2) is 9.96. The third kappa shape index (κ3) is 4.47. The van der Waals surface area contributed by atoms with E-state index in [2.05, 4.69) is 9.30 Å². The summed E-state index contributed by atoms with van der Waals surface area (Å²) in [4.78, 5) is 31.1. The summed E-state index contributed by atoms with van der Waals surface area (Å²) in [5, 5.41) is 1.63. The van der Waals surface area contributed by atoms with Gasteiger partial charge in [-0.2, -0.15) is 12.8 Å². The summed E-state index contributed by atoms with van der Waals surface area (Å²) < 4.78 is 35.8. The molecule has 2 heterocycles. The molecule has 0 radical (unpaired) electrons. The van der Waals surface area contributed by atoms with E-state index in [9.17, 15) is 18.0 Å². The molecule has 2 aliphatic rings. The van der Waals surface area contributed by atoms with Crippen LogP contribution in [0.3, 0.4) is 0 Å². The SMILES string of the molecule is CCOc1ccccc1N1CCN([C@H]2C(=O)c3ccccc3C(=O)C2=NS(=O)(=O)c2cccs2)CC1. The fourth-order valence-electron chi connectivity index (χ4n) is 4.66. The number of sulfonamides is 1. The number of benzene rings is 2. The van der Waals surface area contributed by atoms with E-state index in [0.717, 1.165) is 22.8 Å². The molecule has 0 bridgehead atoms. The first-order chi connectivity index (χ1) is 17.4. The normalized spacial score (nSPS) is 20.0. The van der Waals surface area contributed by atoms with Crippen LogP contribution in [0.15, 0.2) is 74.7 Å². The third-order valence-corrected chi connectivity index (χ3v) is 8.99. The molecule has 10 heteroatoms. The van der Waals surface area contributed by atoms with Gasteiger partial charge in [-0.05, 0) is 30.5 Å². The highest BCUT2D eigenvalue weighted by molar-refractivity contribution is 7.92. The Balaban J connectivity index is 1.48. The molecule has 0 spiro atoms. The zero-order valence-electron chi connectivity index (χ0n) is 19.7. The van der Waals surface area contributed by atoms with Crippen LogP contribution in [0.25, 0.3) is 0 Å². The lowest BCUT2D eigenvalue weighted by Gasteiger charge is -2.41. The zero-order chi connectivity index (χ0) is 25.3. The first kappa shape index (κ1) is 24.4. The van der Waals surface area contributed by atoms with Gasteiger partial charge >= 0.3 is 0 Å². The maximum absolute atomic E-state index is 13.6. The quantitative estimate of drug-likeness (QED) is 0.488. The van der Waals surface area contributed by atoms with Gasteiger partial charge in [-0.3, -0.25) is 14.5 Å². The number of piperazine rings is 1. The van der Waals surface area contributed by atoms with Gasteiger partial charge in [0.25, 0.3) is 10.0 Å². The molecule has 1 aliphatic carbocycles. The summed E-state index contributed by atoms with van der Waals surface area (Å²) >= 11 is 1.02. The minimum absolute atomic E-state index is 0.0326. The van der Waals surface area contributed by atoms with Crippen LogP contribution in [-0.4, -0.2) is 69.4 Å². The van der Waals surface area contributed by atoms with E-state index < -0.39 is 21.8 Å². The van der Waals surface area contributed by atoms with Gasteiger partial charge < -0.3 is 9.64 Å². The Bertz CT molecular complexity index is 1430. The van der Waals surface area contributed by atoms with E-state index in [1.165, 1.54) is 6.07 Å². The Morgan fingerprint density at radius 3 is 2.33 bits per heavy atom. The molecule has 186 valence electrons. The highest BCUT2D eigenvalue weighted by atomic mass is 32.2. The number of carbonyl (C=O) groups excluding carboxylic acids is 2. The molecule has 8 nitrogen and oxygen atoms in total. The predicted octanol–water partition coefficient (Wildman–Crippen LogP) is 3.55. The van der Waals surface area contributed by atoms with E-state index in [4.69, 9.17) is 4.74 Å². The van der Waals surface area contributed by atoms with Crippen molar-refractivity contribution in [3.8, 4) is 5.75 Å². The predicted molar refractivity (Wildman–Crippen MR) is 139 cm³/mol. The van der Waals surface area contributed by atoms with E-state index in [1.807, 2.05) is 36.1 Å². The summed E-state index contributed by atoms with van der Waals surface area (Å²) in [7, 11) is -4.13. The molecule has 1 atom stereocenters. The van der Waals surface area contributed by atoms with Crippen LogP contribution in [0.5, 0.6) is 5.75 Å². The lowest BCUT2D eigenvalue weighted by atomic mass is 9.83. The molecule has 2 aromatic carbocycles. The van der Waals surface area contributed by atoms with Crippen LogP contribution in [0, 0.1) is 0 Å². The van der Waals surface area contributed by atoms with Gasteiger partial charge in [0.2, 0.25) is 5.78 Å². The van der Waals surface area contributed by atoms with E-state index in [-0.39, 0.29) is 21.3 Å². The maximum atomic E-state index is 13.6. The van der Waals surface area contributed by atoms with Crippen molar-refractivity contribution in [2.75, 3.05) is 37.7 Å². The molecule has 5 rings (SSSR count). The number of rotatable bonds is 6. The summed E-state index contributed by atoms with van der Waals surface area (Å²) in [6, 6.07) is 16.3. The second-order valence-corrected chi connectivity index (χ2v) is 11.2. The number of para-hydroxylation sites is 2. The molecule has 1 aliphatic heterocycles. The minimum Gasteiger partial charge on any atom is -0.492 e. The molecule has 1 fully saturated rings. The van der Waals surface area contributed by atoms with Crippen LogP contribution < -0.4 is 9.64 Å². The first-order valence-electron chi connectivity index (χ1n) is 11.7. The largest absolute Gasteiger partial charge is 0.492 e. The minimum atomic E-state index is -4.13. The Morgan fingerprint density at radius 1 is 0.944 bits per heavy atom. The monoisotopic (exact) mass is 523 g/mol. The van der Waals surface area contributed by atoms with Crippen molar-refractivity contribution in [1.82, 2.24) is 4.90 Å². The van der Waals surface area contributed by atoms with Crippen molar-refractivity contribution in [3.63, 3.8) is 0 Å². The number of ketones is 2. The Kier molecular flexibility index (Phi) is 6.74. The molecule has 1 saturated heterocycles. The number of ether oxygens (including phenoxy) is 1. The van der Waals surface area contributed by atoms with E-state index in [0.29, 0.717) is 38.3 Å². The second-order valence-electron chi connectivity index (χ2n) is 8.45. The molecular weight excluding hydrogens is 498 g/mol. The fourth-order valence-corrected chi connectivity index (χ4v) is 6.66. The molecule has 0 N–H and O–H groups in total. The van der Waals surface area contributed by atoms with Gasteiger partial charge in [0.1, 0.15) is 21.7 Å². The average molecular weight is 524 g/mol. The van der Waals surface area contributed by atoms with Crippen molar-refractivity contribution >= 4 is 44.3 Å². The molecular formula is C26H25N3O5S2. The summed E-state index contributed by atoms with van der Waals surface area (Å²) in [5.41, 5.74) is 1.20. The third-order valence-electron chi connectivity index (χ3n) is 6.33. The number of fused-ring (bicyclic) bond motifs is 1. The first-order valence-corrected chi connectivity index (χ1v) is 14.0. The number of Topliss-reactive ketones (excluding diaryl/α,β-unsaturated/α-hetero) is 2. The van der Waals surface area contributed by atoms with E-state index >= 15 is 0 Å². The van der Waals surface area contributed by atoms with Crippen molar-refractivity contribution in [2.45, 2.75) is 17.2 Å². The van der Waals surface area contributed by atoms with Crippen LogP contribution in [0.4, 0.5) is 5.69 Å². The number of hydrogen-bond acceptors (Lipinski definition) is 8. The average Bonchev–Trinajstić information content (AvgIpc) is 3.45. The molecule has 0 amide bonds. The summed E-state index contributed by atoms with van der Waals surface area (Å²) in [6.45, 7) is 4.54. The van der Waals surface area contributed by atoms with Gasteiger partial charge in [0, 0.05) is 37.3 Å². The Morgan fingerprint density at radius 2 is 1.64 bits per heavy atom. The molecule has 0 unspecified atom stereocenters. The Labute approximate surface area is 213 Å².